The van der Waals surface area contributed by atoms with Crippen molar-refractivity contribution in [2.45, 2.75) is 0 Å². The number of carbonyl (C=O) groups is 2. The molecular weight excluding hydrogens is 172 g/mol. The molecule has 0 unspecified atom stereocenters. The minimum atomic E-state index is -0.975. The second-order valence-corrected chi connectivity index (χ2v) is 1.97. The molecule has 6 heteroatoms. The van der Waals surface area contributed by atoms with Crippen LogP contribution in [0.4, 0.5) is 0 Å². The summed E-state index contributed by atoms with van der Waals surface area (Å²) < 4.78 is 18.4. The molecule has 0 saturated heterocycles. The molecule has 0 N–H and O–H groups in total. The first-order valence-corrected chi connectivity index (χ1v) is 3.25. The summed E-state index contributed by atoms with van der Waals surface area (Å²) in [6, 6.07) is 0. The molecule has 0 aliphatic heterocycles. The zero-order valence-electron chi connectivity index (χ0n) is 5.95. The first-order chi connectivity index (χ1) is 5.17. The topological polar surface area (TPSA) is 69.7 Å². The van der Waals surface area contributed by atoms with Crippen molar-refractivity contribution in [2.24, 2.45) is 0 Å². The van der Waals surface area contributed by atoms with Gasteiger partial charge in [0.25, 0.3) is 0 Å². The number of rotatable bonds is 2. The lowest BCUT2D eigenvalue weighted by Gasteiger charge is -1.96. The van der Waals surface area contributed by atoms with Gasteiger partial charge in [-0.3, -0.25) is 0 Å². The Morgan fingerprint density at radius 2 is 1.45 bits per heavy atom. The van der Waals surface area contributed by atoms with E-state index < -0.39 is 16.8 Å². The Hall–Kier alpha value is -1.17. The highest BCUT2D eigenvalue weighted by Gasteiger charge is 2.20. The van der Waals surface area contributed by atoms with E-state index in [1.54, 1.807) is 0 Å². The summed E-state index contributed by atoms with van der Waals surface area (Å²) >= 11 is -0.247. The van der Waals surface area contributed by atoms with Gasteiger partial charge in [0.05, 0.1) is 14.2 Å². The van der Waals surface area contributed by atoms with Gasteiger partial charge in [0.15, 0.2) is 0 Å². The summed E-state index contributed by atoms with van der Waals surface area (Å²) in [5.41, 5.74) is 0. The van der Waals surface area contributed by atoms with Gasteiger partial charge in [0.1, 0.15) is 11.3 Å². The molecule has 0 aliphatic rings. The Labute approximate surface area is 66.4 Å². The van der Waals surface area contributed by atoms with Crippen molar-refractivity contribution in [2.75, 3.05) is 14.2 Å². The zero-order chi connectivity index (χ0) is 8.85. The molecule has 62 valence electrons. The van der Waals surface area contributed by atoms with Crippen molar-refractivity contribution < 1.29 is 23.3 Å². The van der Waals surface area contributed by atoms with Crippen LogP contribution in [0.15, 0.2) is 0 Å². The van der Waals surface area contributed by atoms with Crippen LogP contribution in [0.5, 0.6) is 0 Å². The fourth-order valence-corrected chi connectivity index (χ4v) is 0.640. The van der Waals surface area contributed by atoms with E-state index in [0.29, 0.717) is 0 Å². The predicted molar refractivity (Wildman–Crippen MR) is 37.2 cm³/mol. The first kappa shape index (κ1) is 9.83. The van der Waals surface area contributed by atoms with Gasteiger partial charge in [0, 0.05) is 0 Å². The third kappa shape index (κ3) is 2.50. The second kappa shape index (κ2) is 4.62. The van der Waals surface area contributed by atoms with Gasteiger partial charge in [-0.05, 0) is 0 Å². The van der Waals surface area contributed by atoms with Gasteiger partial charge >= 0.3 is 11.9 Å². The maximum absolute atomic E-state index is 10.6. The molecule has 0 radical (unpaired) electrons. The Balaban J connectivity index is 4.57. The third-order valence-electron chi connectivity index (χ3n) is 0.825. The lowest BCUT2D eigenvalue weighted by Crippen LogP contribution is -2.26. The van der Waals surface area contributed by atoms with E-state index in [1.807, 2.05) is 0 Å². The summed E-state index contributed by atoms with van der Waals surface area (Å²) in [5.74, 6) is -1.95. The quantitative estimate of drug-likeness (QED) is 0.299. The highest BCUT2D eigenvalue weighted by Crippen LogP contribution is 1.82. The van der Waals surface area contributed by atoms with Crippen LogP contribution in [0.1, 0.15) is 0 Å². The van der Waals surface area contributed by atoms with Crippen molar-refractivity contribution in [1.82, 2.24) is 0 Å². The fourth-order valence-electron chi connectivity index (χ4n) is 0.337. The number of hydrogen-bond donors (Lipinski definition) is 0. The van der Waals surface area contributed by atoms with E-state index >= 15 is 0 Å². The Kier molecular flexibility index (Phi) is 4.12. The third-order valence-corrected chi connectivity index (χ3v) is 1.32. The fraction of sp³-hybridized carbons (Fsp3) is 0.400. The van der Waals surface area contributed by atoms with Gasteiger partial charge < -0.3 is 9.47 Å². The molecule has 0 amide bonds. The second-order valence-electron chi connectivity index (χ2n) is 1.40. The van der Waals surface area contributed by atoms with E-state index in [2.05, 4.69) is 9.47 Å². The van der Waals surface area contributed by atoms with Crippen LogP contribution in [-0.4, -0.2) is 35.2 Å². The summed E-state index contributed by atoms with van der Waals surface area (Å²) in [4.78, 5) is 20.5. The van der Waals surface area contributed by atoms with Crippen LogP contribution in [0, 0.1) is 0 Å². The van der Waals surface area contributed by atoms with Crippen LogP contribution in [0.2, 0.25) is 0 Å². The zero-order valence-corrected chi connectivity index (χ0v) is 6.77. The summed E-state index contributed by atoms with van der Waals surface area (Å²) in [6.07, 6.45) is 0. The van der Waals surface area contributed by atoms with E-state index in [0.717, 1.165) is 14.2 Å². The van der Waals surface area contributed by atoms with Crippen molar-refractivity contribution in [1.29, 1.82) is 0 Å². The summed E-state index contributed by atoms with van der Waals surface area (Å²) in [6.45, 7) is 0. The predicted octanol–water partition coefficient (Wildman–Crippen LogP) is -1.28. The summed E-state index contributed by atoms with van der Waals surface area (Å²) in [7, 11) is 2.14. The Bertz CT molecular complexity index is 209. The van der Waals surface area contributed by atoms with Crippen LogP contribution in [0.25, 0.3) is 0 Å². The SMILES string of the molecule is COC(=O)C(=S=O)C(=O)OC. The number of carbonyl (C=O) groups excluding carboxylic acids is 2. The molecule has 0 aromatic rings. The largest absolute Gasteiger partial charge is 0.465 e. The number of esters is 2. The molecular formula is C5H6O5S. The van der Waals surface area contributed by atoms with Crippen molar-refractivity contribution in [3.63, 3.8) is 0 Å². The smallest absolute Gasteiger partial charge is 0.358 e. The molecule has 11 heavy (non-hydrogen) atoms. The number of methoxy groups -OCH3 is 2. The minimum Gasteiger partial charge on any atom is -0.465 e. The number of hydrogen-bond acceptors (Lipinski definition) is 5. The molecule has 0 bridgehead atoms. The monoisotopic (exact) mass is 178 g/mol. The van der Waals surface area contributed by atoms with E-state index in [-0.39, 0.29) is 11.3 Å². The Morgan fingerprint density at radius 3 is 1.64 bits per heavy atom. The normalized spacial score (nSPS) is 8.18. The lowest BCUT2D eigenvalue weighted by atomic mass is 10.4. The molecule has 5 nitrogen and oxygen atoms in total. The van der Waals surface area contributed by atoms with Crippen LogP contribution in [-0.2, 0) is 30.3 Å². The molecule has 0 aliphatic carbocycles. The van der Waals surface area contributed by atoms with Gasteiger partial charge in [-0.15, -0.1) is 0 Å². The molecule has 0 rings (SSSR count). The molecule has 0 aromatic heterocycles. The average Bonchev–Trinajstić information content (AvgIpc) is 2.05. The maximum Gasteiger partial charge on any atom is 0.358 e. The molecule has 0 heterocycles. The van der Waals surface area contributed by atoms with Crippen molar-refractivity contribution in [3.05, 3.63) is 0 Å². The van der Waals surface area contributed by atoms with E-state index in [4.69, 9.17) is 0 Å². The van der Waals surface area contributed by atoms with Crippen LogP contribution in [0.3, 0.4) is 0 Å². The molecule has 0 fully saturated rings. The first-order valence-electron chi connectivity index (χ1n) is 2.50. The molecule has 0 saturated carbocycles. The standard InChI is InChI=1S/C5H6O5S/c1-9-4(6)3(11-8)5(7)10-2/h1-2H3. The maximum atomic E-state index is 10.6. The highest BCUT2D eigenvalue weighted by molar-refractivity contribution is 7.70. The Morgan fingerprint density at radius 1 is 1.09 bits per heavy atom. The van der Waals surface area contributed by atoms with Crippen LogP contribution >= 0.6 is 0 Å². The number of ether oxygens (including phenoxy) is 2. The average molecular weight is 178 g/mol. The van der Waals surface area contributed by atoms with Gasteiger partial charge in [-0.1, -0.05) is 0 Å². The van der Waals surface area contributed by atoms with Gasteiger partial charge in [0.2, 0.25) is 4.86 Å². The van der Waals surface area contributed by atoms with Gasteiger partial charge in [-0.25, -0.2) is 13.8 Å². The van der Waals surface area contributed by atoms with Gasteiger partial charge in [-0.2, -0.15) is 0 Å². The molecule has 0 spiro atoms. The van der Waals surface area contributed by atoms with Crippen molar-refractivity contribution >= 4 is 28.1 Å². The molecule has 0 atom stereocenters. The van der Waals surface area contributed by atoms with E-state index in [9.17, 15) is 13.8 Å². The van der Waals surface area contributed by atoms with E-state index in [1.165, 1.54) is 0 Å². The van der Waals surface area contributed by atoms with Crippen molar-refractivity contribution in [3.8, 4) is 0 Å². The lowest BCUT2D eigenvalue weighted by molar-refractivity contribution is -0.137. The highest BCUT2D eigenvalue weighted by atomic mass is 32.1. The summed E-state index contributed by atoms with van der Waals surface area (Å²) in [5, 5.41) is 0. The molecule has 0 aromatic carbocycles. The van der Waals surface area contributed by atoms with Crippen LogP contribution < -0.4 is 0 Å². The minimum absolute atomic E-state index is 0.247.